The van der Waals surface area contributed by atoms with Gasteiger partial charge in [0.2, 0.25) is 5.91 Å². The number of hydrogen-bond donors (Lipinski definition) is 1. The average molecular weight is 313 g/mol. The first-order chi connectivity index (χ1) is 9.22. The van der Waals surface area contributed by atoms with Crippen LogP contribution in [0.25, 0.3) is 10.6 Å². The molecule has 1 saturated carbocycles. The number of carbonyl (C=O) groups excluding carboxylic acids is 1. The summed E-state index contributed by atoms with van der Waals surface area (Å²) in [7, 11) is 0. The molecule has 0 saturated heterocycles. The topological polar surface area (TPSA) is 42.0 Å². The quantitative estimate of drug-likeness (QED) is 0.896. The van der Waals surface area contributed by atoms with Crippen LogP contribution in [0, 0.1) is 5.92 Å². The minimum Gasteiger partial charge on any atom is -0.302 e. The lowest BCUT2D eigenvalue weighted by Gasteiger charge is -2.07. The molecule has 3 rings (SSSR count). The molecular weight excluding hydrogens is 300 g/mol. The molecule has 1 amide bonds. The molecule has 19 heavy (non-hydrogen) atoms. The summed E-state index contributed by atoms with van der Waals surface area (Å²) >= 11 is 8.87. The predicted octanol–water partition coefficient (Wildman–Crippen LogP) is 4.65. The lowest BCUT2D eigenvalue weighted by molar-refractivity contribution is -0.119. The van der Waals surface area contributed by atoms with Gasteiger partial charge < -0.3 is 5.32 Å². The van der Waals surface area contributed by atoms with Crippen molar-refractivity contribution in [1.82, 2.24) is 4.98 Å². The van der Waals surface area contributed by atoms with E-state index in [0.717, 1.165) is 40.6 Å². The average Bonchev–Trinajstić information content (AvgIpc) is 3.07. The van der Waals surface area contributed by atoms with Crippen molar-refractivity contribution >= 4 is 45.3 Å². The van der Waals surface area contributed by atoms with Gasteiger partial charge in [0.25, 0.3) is 0 Å². The SMILES string of the molecule is O=C(Nc1nc(-c2ccc(Cl)s2)cs1)C1CCCC1. The van der Waals surface area contributed by atoms with E-state index in [4.69, 9.17) is 11.6 Å². The Morgan fingerprint density at radius 1 is 1.37 bits per heavy atom. The molecule has 0 aromatic carbocycles. The fourth-order valence-corrected chi connectivity index (χ4v) is 4.08. The summed E-state index contributed by atoms with van der Waals surface area (Å²) < 4.78 is 0.750. The molecule has 1 N–H and O–H groups in total. The maximum Gasteiger partial charge on any atom is 0.229 e. The van der Waals surface area contributed by atoms with Crippen LogP contribution in [0.5, 0.6) is 0 Å². The van der Waals surface area contributed by atoms with Crippen LogP contribution in [0.1, 0.15) is 25.7 Å². The lowest BCUT2D eigenvalue weighted by Crippen LogP contribution is -2.20. The fourth-order valence-electron chi connectivity index (χ4n) is 2.29. The first-order valence-electron chi connectivity index (χ1n) is 6.24. The normalized spacial score (nSPS) is 15.8. The fraction of sp³-hybridized carbons (Fsp3) is 0.385. The second kappa shape index (κ2) is 5.61. The second-order valence-corrected chi connectivity index (χ2v) is 7.19. The lowest BCUT2D eigenvalue weighted by atomic mass is 10.1. The molecule has 1 aliphatic carbocycles. The van der Waals surface area contributed by atoms with Crippen LogP contribution in [0.3, 0.4) is 0 Å². The summed E-state index contributed by atoms with van der Waals surface area (Å²) in [5, 5.41) is 5.55. The van der Waals surface area contributed by atoms with Crippen LogP contribution < -0.4 is 5.32 Å². The predicted molar refractivity (Wildman–Crippen MR) is 81.0 cm³/mol. The molecule has 1 aliphatic rings. The van der Waals surface area contributed by atoms with Crippen molar-refractivity contribution in [3.05, 3.63) is 21.8 Å². The number of anilines is 1. The largest absolute Gasteiger partial charge is 0.302 e. The molecule has 0 spiro atoms. The zero-order chi connectivity index (χ0) is 13.2. The number of nitrogens with one attached hydrogen (secondary N) is 1. The Morgan fingerprint density at radius 3 is 2.84 bits per heavy atom. The van der Waals surface area contributed by atoms with Crippen molar-refractivity contribution in [3.8, 4) is 10.6 Å². The van der Waals surface area contributed by atoms with E-state index in [1.807, 2.05) is 17.5 Å². The molecule has 0 unspecified atom stereocenters. The maximum atomic E-state index is 12.0. The van der Waals surface area contributed by atoms with Crippen LogP contribution in [-0.2, 0) is 4.79 Å². The summed E-state index contributed by atoms with van der Waals surface area (Å²) in [5.41, 5.74) is 0.878. The van der Waals surface area contributed by atoms with E-state index in [0.29, 0.717) is 5.13 Å². The summed E-state index contributed by atoms with van der Waals surface area (Å²) in [4.78, 5) is 17.5. The standard InChI is InChI=1S/C13H13ClN2OS2/c14-11-6-5-10(19-11)9-7-18-13(15-9)16-12(17)8-3-1-2-4-8/h5-8H,1-4H2,(H,15,16,17). The number of halogens is 1. The Morgan fingerprint density at radius 2 is 2.16 bits per heavy atom. The van der Waals surface area contributed by atoms with Gasteiger partial charge in [0, 0.05) is 11.3 Å². The second-order valence-electron chi connectivity index (χ2n) is 4.61. The van der Waals surface area contributed by atoms with Crippen molar-refractivity contribution in [2.24, 2.45) is 5.92 Å². The summed E-state index contributed by atoms with van der Waals surface area (Å²) in [6, 6.07) is 3.81. The first-order valence-corrected chi connectivity index (χ1v) is 8.32. The Balaban J connectivity index is 1.69. The van der Waals surface area contributed by atoms with E-state index in [1.165, 1.54) is 22.7 Å². The van der Waals surface area contributed by atoms with Crippen LogP contribution in [-0.4, -0.2) is 10.9 Å². The number of thiophene rings is 1. The highest BCUT2D eigenvalue weighted by atomic mass is 35.5. The van der Waals surface area contributed by atoms with E-state index in [2.05, 4.69) is 10.3 Å². The van der Waals surface area contributed by atoms with Gasteiger partial charge in [0.05, 0.1) is 14.9 Å². The molecule has 2 aromatic heterocycles. The van der Waals surface area contributed by atoms with Crippen LogP contribution in [0.4, 0.5) is 5.13 Å². The Kier molecular flexibility index (Phi) is 3.86. The molecule has 0 bridgehead atoms. The van der Waals surface area contributed by atoms with Crippen molar-refractivity contribution in [1.29, 1.82) is 0 Å². The van der Waals surface area contributed by atoms with Gasteiger partial charge in [-0.1, -0.05) is 24.4 Å². The van der Waals surface area contributed by atoms with Gasteiger partial charge >= 0.3 is 0 Å². The van der Waals surface area contributed by atoms with Gasteiger partial charge in [-0.05, 0) is 25.0 Å². The molecule has 0 radical (unpaired) electrons. The van der Waals surface area contributed by atoms with Crippen LogP contribution >= 0.6 is 34.3 Å². The zero-order valence-electron chi connectivity index (χ0n) is 10.2. The number of amides is 1. The minimum atomic E-state index is 0.114. The van der Waals surface area contributed by atoms with Gasteiger partial charge in [-0.2, -0.15) is 0 Å². The maximum absolute atomic E-state index is 12.0. The number of hydrogen-bond acceptors (Lipinski definition) is 4. The van der Waals surface area contributed by atoms with Crippen molar-refractivity contribution in [3.63, 3.8) is 0 Å². The third kappa shape index (κ3) is 2.99. The number of thiazole rings is 1. The minimum absolute atomic E-state index is 0.114. The van der Waals surface area contributed by atoms with Crippen LogP contribution in [0.2, 0.25) is 4.34 Å². The molecular formula is C13H13ClN2OS2. The smallest absolute Gasteiger partial charge is 0.229 e. The molecule has 2 heterocycles. The number of aromatic nitrogens is 1. The molecule has 0 atom stereocenters. The Hall–Kier alpha value is -0.910. The zero-order valence-corrected chi connectivity index (χ0v) is 12.6. The highest BCUT2D eigenvalue weighted by Crippen LogP contribution is 2.33. The van der Waals surface area contributed by atoms with E-state index in [9.17, 15) is 4.79 Å². The monoisotopic (exact) mass is 312 g/mol. The first kappa shape index (κ1) is 13.1. The molecule has 3 nitrogen and oxygen atoms in total. The van der Waals surface area contributed by atoms with E-state index in [1.54, 1.807) is 0 Å². The highest BCUT2D eigenvalue weighted by molar-refractivity contribution is 7.20. The number of rotatable bonds is 3. The van der Waals surface area contributed by atoms with Gasteiger partial charge in [0.1, 0.15) is 0 Å². The van der Waals surface area contributed by atoms with Gasteiger partial charge in [-0.3, -0.25) is 4.79 Å². The Bertz CT molecular complexity index is 587. The van der Waals surface area contributed by atoms with E-state index >= 15 is 0 Å². The molecule has 100 valence electrons. The summed E-state index contributed by atoms with van der Waals surface area (Å²) in [6.45, 7) is 0. The molecule has 6 heteroatoms. The van der Waals surface area contributed by atoms with E-state index in [-0.39, 0.29) is 11.8 Å². The van der Waals surface area contributed by atoms with Crippen molar-refractivity contribution < 1.29 is 4.79 Å². The van der Waals surface area contributed by atoms with Gasteiger partial charge in [0.15, 0.2) is 5.13 Å². The van der Waals surface area contributed by atoms with Crippen molar-refractivity contribution in [2.75, 3.05) is 5.32 Å². The third-order valence-electron chi connectivity index (χ3n) is 3.29. The Labute approximate surface area is 124 Å². The summed E-state index contributed by atoms with van der Waals surface area (Å²) in [5.74, 6) is 0.283. The van der Waals surface area contributed by atoms with Crippen LogP contribution in [0.15, 0.2) is 17.5 Å². The third-order valence-corrected chi connectivity index (χ3v) is 5.30. The number of nitrogens with zero attached hydrogens (tertiary/aromatic N) is 1. The van der Waals surface area contributed by atoms with Gasteiger partial charge in [-0.25, -0.2) is 4.98 Å². The van der Waals surface area contributed by atoms with Gasteiger partial charge in [-0.15, -0.1) is 22.7 Å². The number of carbonyl (C=O) groups is 1. The van der Waals surface area contributed by atoms with Crippen molar-refractivity contribution in [2.45, 2.75) is 25.7 Å². The summed E-state index contributed by atoms with van der Waals surface area (Å²) in [6.07, 6.45) is 4.33. The molecule has 0 aliphatic heterocycles. The molecule has 1 fully saturated rings. The van der Waals surface area contributed by atoms with E-state index < -0.39 is 0 Å². The molecule has 2 aromatic rings. The highest BCUT2D eigenvalue weighted by Gasteiger charge is 2.23.